The number of carbonyl (C=O) groups excluding carboxylic acids is 2. The molecular formula is C14H12F3N3O5S2. The Morgan fingerprint density at radius 1 is 1.26 bits per heavy atom. The summed E-state index contributed by atoms with van der Waals surface area (Å²) in [5, 5.41) is 6.59. The molecule has 0 spiro atoms. The molecule has 8 nitrogen and oxygen atoms in total. The number of hydrogen-bond acceptors (Lipinski definition) is 7. The minimum Gasteiger partial charge on any atom is -0.462 e. The highest BCUT2D eigenvalue weighted by molar-refractivity contribution is 7.89. The Hall–Kier alpha value is -2.51. The van der Waals surface area contributed by atoms with E-state index in [4.69, 9.17) is 5.14 Å². The molecule has 146 valence electrons. The first-order chi connectivity index (χ1) is 12.4. The average Bonchev–Trinajstić information content (AvgIpc) is 2.98. The summed E-state index contributed by atoms with van der Waals surface area (Å²) in [6.07, 6.45) is -4.92. The molecule has 1 aromatic carbocycles. The van der Waals surface area contributed by atoms with Crippen LogP contribution in [-0.2, 0) is 20.9 Å². The van der Waals surface area contributed by atoms with Crippen molar-refractivity contribution in [1.82, 2.24) is 4.98 Å². The second-order valence-electron chi connectivity index (χ2n) is 4.94. The van der Waals surface area contributed by atoms with E-state index < -0.39 is 43.8 Å². The quantitative estimate of drug-likeness (QED) is 0.710. The second-order valence-corrected chi connectivity index (χ2v) is 7.50. The van der Waals surface area contributed by atoms with Gasteiger partial charge in [0.15, 0.2) is 10.8 Å². The summed E-state index contributed by atoms with van der Waals surface area (Å²) in [6, 6.07) is 4.38. The predicted octanol–water partition coefficient (Wildman–Crippen LogP) is 2.24. The van der Waals surface area contributed by atoms with Crippen LogP contribution >= 0.6 is 11.3 Å². The second kappa shape index (κ2) is 7.62. The van der Waals surface area contributed by atoms with Crippen LogP contribution in [0.1, 0.15) is 32.6 Å². The molecule has 0 saturated heterocycles. The van der Waals surface area contributed by atoms with Crippen LogP contribution in [0, 0.1) is 0 Å². The molecule has 0 bridgehead atoms. The first kappa shape index (κ1) is 20.8. The number of nitrogens with zero attached hydrogens (tertiary/aromatic N) is 1. The summed E-state index contributed by atoms with van der Waals surface area (Å²) in [4.78, 5) is 26.0. The van der Waals surface area contributed by atoms with Gasteiger partial charge in [0.05, 0.1) is 11.5 Å². The normalized spacial score (nSPS) is 11.9. The van der Waals surface area contributed by atoms with Crippen LogP contribution in [-0.4, -0.2) is 31.9 Å². The number of nitrogens with two attached hydrogens (primary N) is 1. The number of rotatable bonds is 5. The van der Waals surface area contributed by atoms with Crippen LogP contribution in [0.3, 0.4) is 0 Å². The monoisotopic (exact) mass is 423 g/mol. The van der Waals surface area contributed by atoms with Gasteiger partial charge in [-0.2, -0.15) is 13.2 Å². The smallest absolute Gasteiger partial charge is 0.435 e. The number of aromatic nitrogens is 1. The van der Waals surface area contributed by atoms with Gasteiger partial charge in [-0.15, -0.1) is 0 Å². The van der Waals surface area contributed by atoms with E-state index in [9.17, 15) is 31.2 Å². The van der Waals surface area contributed by atoms with E-state index in [-0.39, 0.29) is 17.1 Å². The Morgan fingerprint density at radius 3 is 2.33 bits per heavy atom. The molecule has 3 N–H and O–H groups in total. The van der Waals surface area contributed by atoms with Gasteiger partial charge in [-0.25, -0.2) is 23.3 Å². The molecule has 0 unspecified atom stereocenters. The lowest BCUT2D eigenvalue weighted by Gasteiger charge is -2.05. The third kappa shape index (κ3) is 5.02. The zero-order chi connectivity index (χ0) is 20.4. The van der Waals surface area contributed by atoms with Crippen LogP contribution in [0.15, 0.2) is 29.2 Å². The van der Waals surface area contributed by atoms with Gasteiger partial charge >= 0.3 is 12.1 Å². The molecule has 1 heterocycles. The number of amides is 1. The van der Waals surface area contributed by atoms with E-state index in [2.05, 4.69) is 15.0 Å². The summed E-state index contributed by atoms with van der Waals surface area (Å²) < 4.78 is 66.0. The molecule has 0 atom stereocenters. The number of nitrogens with one attached hydrogen (secondary N) is 1. The van der Waals surface area contributed by atoms with Gasteiger partial charge in [0.25, 0.3) is 5.91 Å². The molecule has 0 fully saturated rings. The molecule has 1 aromatic heterocycles. The molecule has 1 amide bonds. The van der Waals surface area contributed by atoms with E-state index in [1.165, 1.54) is 6.92 Å². The number of benzene rings is 1. The van der Waals surface area contributed by atoms with Crippen molar-refractivity contribution in [3.63, 3.8) is 0 Å². The number of alkyl halides is 3. The lowest BCUT2D eigenvalue weighted by molar-refractivity contribution is -0.141. The van der Waals surface area contributed by atoms with Crippen LogP contribution in [0.4, 0.5) is 18.3 Å². The molecule has 0 saturated carbocycles. The van der Waals surface area contributed by atoms with Crippen molar-refractivity contribution in [2.24, 2.45) is 5.14 Å². The molecular weight excluding hydrogens is 411 g/mol. The maximum Gasteiger partial charge on any atom is 0.435 e. The molecule has 27 heavy (non-hydrogen) atoms. The maximum absolute atomic E-state index is 13.0. The Balaban J connectivity index is 2.29. The van der Waals surface area contributed by atoms with E-state index in [1.54, 1.807) is 0 Å². The number of esters is 1. The van der Waals surface area contributed by atoms with Crippen molar-refractivity contribution in [2.75, 3.05) is 11.9 Å². The number of sulfonamides is 1. The van der Waals surface area contributed by atoms with Crippen molar-refractivity contribution < 1.29 is 35.9 Å². The van der Waals surface area contributed by atoms with Gasteiger partial charge in [0.2, 0.25) is 10.0 Å². The molecule has 0 radical (unpaired) electrons. The number of carbonyl (C=O) groups is 2. The summed E-state index contributed by atoms with van der Waals surface area (Å²) in [5.41, 5.74) is -1.52. The van der Waals surface area contributed by atoms with Crippen LogP contribution < -0.4 is 10.5 Å². The molecule has 2 aromatic rings. The zero-order valence-electron chi connectivity index (χ0n) is 13.5. The molecule has 0 aliphatic heterocycles. The highest BCUT2D eigenvalue weighted by Gasteiger charge is 2.40. The van der Waals surface area contributed by atoms with Gasteiger partial charge in [-0.05, 0) is 31.2 Å². The minimum atomic E-state index is -4.92. The summed E-state index contributed by atoms with van der Waals surface area (Å²) in [7, 11) is -3.96. The van der Waals surface area contributed by atoms with Crippen molar-refractivity contribution in [3.05, 3.63) is 40.4 Å². The number of anilines is 1. The molecule has 13 heteroatoms. The summed E-state index contributed by atoms with van der Waals surface area (Å²) >= 11 is 0.311. The lowest BCUT2D eigenvalue weighted by atomic mass is 10.2. The van der Waals surface area contributed by atoms with Crippen molar-refractivity contribution in [2.45, 2.75) is 18.0 Å². The number of ether oxygens (including phenoxy) is 1. The minimum absolute atomic E-state index is 0.0520. The lowest BCUT2D eigenvalue weighted by Crippen LogP contribution is -2.15. The van der Waals surface area contributed by atoms with Crippen LogP contribution in [0.5, 0.6) is 0 Å². The zero-order valence-corrected chi connectivity index (χ0v) is 15.2. The van der Waals surface area contributed by atoms with Gasteiger partial charge in [-0.3, -0.25) is 10.1 Å². The van der Waals surface area contributed by atoms with E-state index >= 15 is 0 Å². The van der Waals surface area contributed by atoms with Crippen LogP contribution in [0.25, 0.3) is 0 Å². The summed E-state index contributed by atoms with van der Waals surface area (Å²) in [5.74, 6) is -2.06. The third-order valence-corrected chi connectivity index (χ3v) is 4.90. The van der Waals surface area contributed by atoms with Gasteiger partial charge in [0.1, 0.15) is 4.88 Å². The standard InChI is InChI=1S/C14H12F3N3O5S2/c1-2-25-12(22)9-10(14(15,16)17)19-13(26-9)20-11(21)7-3-5-8(6-4-7)27(18,23)24/h3-6H,2H2,1H3,(H2,18,23,24)(H,19,20,21). The van der Waals surface area contributed by atoms with Crippen molar-refractivity contribution in [1.29, 1.82) is 0 Å². The number of thiazole rings is 1. The fourth-order valence-corrected chi connectivity index (χ4v) is 3.26. The molecule has 0 aliphatic carbocycles. The van der Waals surface area contributed by atoms with E-state index in [1.807, 2.05) is 0 Å². The van der Waals surface area contributed by atoms with Gasteiger partial charge < -0.3 is 4.74 Å². The maximum atomic E-state index is 13.0. The van der Waals surface area contributed by atoms with Crippen LogP contribution in [0.2, 0.25) is 0 Å². The summed E-state index contributed by atoms with van der Waals surface area (Å²) in [6.45, 7) is 1.30. The van der Waals surface area contributed by atoms with E-state index in [0.717, 1.165) is 24.3 Å². The number of halogens is 3. The Morgan fingerprint density at radius 2 is 1.85 bits per heavy atom. The third-order valence-electron chi connectivity index (χ3n) is 3.02. The molecule has 2 rings (SSSR count). The van der Waals surface area contributed by atoms with Gasteiger partial charge in [-0.1, -0.05) is 11.3 Å². The highest BCUT2D eigenvalue weighted by atomic mass is 32.2. The SMILES string of the molecule is CCOC(=O)c1sc(NC(=O)c2ccc(S(N)(=O)=O)cc2)nc1C(F)(F)F. The Kier molecular flexibility index (Phi) is 5.87. The molecule has 0 aliphatic rings. The fourth-order valence-electron chi connectivity index (χ4n) is 1.87. The predicted molar refractivity (Wildman–Crippen MR) is 88.8 cm³/mol. The first-order valence-electron chi connectivity index (χ1n) is 7.13. The van der Waals surface area contributed by atoms with Crippen molar-refractivity contribution in [3.8, 4) is 0 Å². The fraction of sp³-hybridized carbons (Fsp3) is 0.214. The highest BCUT2D eigenvalue weighted by Crippen LogP contribution is 2.36. The van der Waals surface area contributed by atoms with E-state index in [0.29, 0.717) is 11.3 Å². The van der Waals surface area contributed by atoms with Crippen molar-refractivity contribution >= 4 is 38.4 Å². The average molecular weight is 423 g/mol. The first-order valence-corrected chi connectivity index (χ1v) is 9.49. The number of hydrogen-bond donors (Lipinski definition) is 2. The topological polar surface area (TPSA) is 128 Å². The Bertz CT molecular complexity index is 969. The van der Waals surface area contributed by atoms with Gasteiger partial charge in [0, 0.05) is 5.56 Å². The largest absolute Gasteiger partial charge is 0.462 e. The Labute approximate surface area is 155 Å². The number of primary sulfonamides is 1.